The van der Waals surface area contributed by atoms with Gasteiger partial charge in [0.2, 0.25) is 11.4 Å². The highest BCUT2D eigenvalue weighted by Gasteiger charge is 2.24. The van der Waals surface area contributed by atoms with E-state index in [9.17, 15) is 0 Å². The van der Waals surface area contributed by atoms with Crippen LogP contribution < -0.4 is 4.57 Å². The highest BCUT2D eigenvalue weighted by molar-refractivity contribution is 6.13. The molecular formula is C25H25N2O+. The fourth-order valence-corrected chi connectivity index (χ4v) is 3.87. The van der Waals surface area contributed by atoms with Gasteiger partial charge in [0.25, 0.3) is 0 Å². The van der Waals surface area contributed by atoms with Gasteiger partial charge in [-0.1, -0.05) is 38.1 Å². The summed E-state index contributed by atoms with van der Waals surface area (Å²) in [4.78, 5) is 3.72. The lowest BCUT2D eigenvalue weighted by molar-refractivity contribution is -0.666. The molecule has 0 radical (unpaired) electrons. The Hall–Kier alpha value is -3.12. The van der Waals surface area contributed by atoms with E-state index in [2.05, 4.69) is 47.5 Å². The van der Waals surface area contributed by atoms with E-state index in [1.165, 1.54) is 0 Å². The molecule has 0 amide bonds. The predicted molar refractivity (Wildman–Crippen MR) is 115 cm³/mol. The lowest BCUT2D eigenvalue weighted by Gasteiger charge is -2.11. The second kappa shape index (κ2) is 6.49. The zero-order valence-corrected chi connectivity index (χ0v) is 17.3. The summed E-state index contributed by atoms with van der Waals surface area (Å²) in [5, 5.41) is 1.98. The summed E-state index contributed by atoms with van der Waals surface area (Å²) in [6.45, 7) is 17.5. The van der Waals surface area contributed by atoms with Gasteiger partial charge in [-0.2, -0.15) is 4.57 Å². The summed E-state index contributed by atoms with van der Waals surface area (Å²) >= 11 is 0. The van der Waals surface area contributed by atoms with Crippen molar-refractivity contribution in [1.29, 1.82) is 0 Å². The van der Waals surface area contributed by atoms with Gasteiger partial charge in [0.15, 0.2) is 5.69 Å². The molecule has 28 heavy (non-hydrogen) atoms. The van der Waals surface area contributed by atoms with Crippen LogP contribution in [0.15, 0.2) is 40.8 Å². The molecule has 2 aromatic heterocycles. The van der Waals surface area contributed by atoms with Crippen LogP contribution in [0.4, 0.5) is 5.69 Å². The number of pyridine rings is 1. The number of benzene rings is 2. The molecule has 3 heteroatoms. The number of fused-ring (bicyclic) bond motifs is 3. The van der Waals surface area contributed by atoms with Gasteiger partial charge >= 0.3 is 0 Å². The first-order chi connectivity index (χ1) is 13.6. The van der Waals surface area contributed by atoms with Gasteiger partial charge in [-0.05, 0) is 36.4 Å². The Labute approximate surface area is 167 Å². The fourth-order valence-electron chi connectivity index (χ4n) is 3.87. The van der Waals surface area contributed by atoms with Crippen LogP contribution in [0.1, 0.15) is 43.5 Å². The maximum absolute atomic E-state index is 8.51. The van der Waals surface area contributed by atoms with Crippen LogP contribution in [-0.2, 0) is 7.05 Å². The molecule has 2 aromatic carbocycles. The van der Waals surface area contributed by atoms with E-state index in [4.69, 9.17) is 12.4 Å². The van der Waals surface area contributed by atoms with Gasteiger partial charge in [-0.25, -0.2) is 4.85 Å². The molecule has 0 aliphatic rings. The molecule has 0 aliphatic heterocycles. The number of hydrogen-bond donors (Lipinski definition) is 0. The Balaban J connectivity index is 2.16. The average molecular weight is 370 g/mol. The van der Waals surface area contributed by atoms with E-state index in [0.29, 0.717) is 11.3 Å². The first-order valence-electron chi connectivity index (χ1n) is 9.98. The minimum absolute atomic E-state index is 0.573. The third kappa shape index (κ3) is 2.60. The number of nitrogens with zero attached hydrogens (tertiary/aromatic N) is 2. The monoisotopic (exact) mass is 370 g/mol. The Morgan fingerprint density at radius 2 is 1.64 bits per heavy atom. The number of aromatic nitrogens is 1. The number of rotatable bonds is 2. The van der Waals surface area contributed by atoms with E-state index in [-0.39, 0.29) is 0 Å². The van der Waals surface area contributed by atoms with Crippen LogP contribution in [0.2, 0.25) is 0 Å². The highest BCUT2D eigenvalue weighted by atomic mass is 16.3. The van der Waals surface area contributed by atoms with E-state index in [1.54, 1.807) is 0 Å². The van der Waals surface area contributed by atoms with Crippen LogP contribution in [0, 0.1) is 27.3 Å². The zero-order chi connectivity index (χ0) is 21.1. The van der Waals surface area contributed by atoms with Crippen LogP contribution in [0.5, 0.6) is 0 Å². The van der Waals surface area contributed by atoms with Crippen molar-refractivity contribution in [3.05, 3.63) is 70.2 Å². The lowest BCUT2D eigenvalue weighted by atomic mass is 9.96. The molecule has 0 saturated carbocycles. The van der Waals surface area contributed by atoms with Crippen LogP contribution in [0.3, 0.4) is 0 Å². The molecule has 4 rings (SSSR count). The van der Waals surface area contributed by atoms with Crippen LogP contribution in [0.25, 0.3) is 38.0 Å². The largest absolute Gasteiger partial charge is 0.466 e. The van der Waals surface area contributed by atoms with Crippen molar-refractivity contribution in [3.8, 4) is 11.3 Å². The highest BCUT2D eigenvalue weighted by Crippen LogP contribution is 2.41. The molecule has 3 nitrogen and oxygen atoms in total. The third-order valence-electron chi connectivity index (χ3n) is 5.69. The third-order valence-corrected chi connectivity index (χ3v) is 5.69. The van der Waals surface area contributed by atoms with Crippen molar-refractivity contribution in [2.24, 2.45) is 7.05 Å². The summed E-state index contributed by atoms with van der Waals surface area (Å²) in [5.41, 5.74) is 8.13. The van der Waals surface area contributed by atoms with Gasteiger partial charge in [-0.15, -0.1) is 0 Å². The summed E-state index contributed by atoms with van der Waals surface area (Å²) in [7, 11) is 2.04. The van der Waals surface area contributed by atoms with Gasteiger partial charge < -0.3 is 4.42 Å². The van der Waals surface area contributed by atoms with E-state index in [0.717, 1.165) is 50.0 Å². The molecule has 0 bridgehead atoms. The molecule has 140 valence electrons. The number of aryl methyl sites for hydroxylation is 3. The summed E-state index contributed by atoms with van der Waals surface area (Å²) < 4.78 is 17.0. The number of hydrogen-bond acceptors (Lipinski definition) is 1. The number of furan rings is 1. The van der Waals surface area contributed by atoms with Gasteiger partial charge in [0.1, 0.15) is 18.2 Å². The molecular weight excluding hydrogens is 344 g/mol. The lowest BCUT2D eigenvalue weighted by Crippen LogP contribution is -2.35. The minimum Gasteiger partial charge on any atom is -0.466 e. The molecule has 0 fully saturated rings. The Morgan fingerprint density at radius 1 is 1.00 bits per heavy atom. The summed E-state index contributed by atoms with van der Waals surface area (Å²) in [6, 6.07) is 12.4. The molecule has 0 atom stereocenters. The molecule has 4 aromatic rings. The SMILES string of the molecule is [2H]C(C)(C)c1cc(C)[n+](C)c(-c2c(C)ccc3c2oc2c([N+]#[C-])c(C)ccc23)c1. The summed E-state index contributed by atoms with van der Waals surface area (Å²) in [6.07, 6.45) is 0. The normalized spacial score (nSPS) is 12.4. The quantitative estimate of drug-likeness (QED) is 0.285. The van der Waals surface area contributed by atoms with Crippen molar-refractivity contribution in [3.63, 3.8) is 0 Å². The first kappa shape index (κ1) is 17.0. The van der Waals surface area contributed by atoms with Crippen LogP contribution >= 0.6 is 0 Å². The smallest absolute Gasteiger partial charge is 0.232 e. The zero-order valence-electron chi connectivity index (χ0n) is 18.3. The Morgan fingerprint density at radius 3 is 2.29 bits per heavy atom. The molecule has 0 spiro atoms. The van der Waals surface area contributed by atoms with Crippen molar-refractivity contribution >= 4 is 27.6 Å². The van der Waals surface area contributed by atoms with Crippen molar-refractivity contribution in [1.82, 2.24) is 0 Å². The molecule has 0 aliphatic carbocycles. The minimum atomic E-state index is -0.697. The average Bonchev–Trinajstić information content (AvgIpc) is 3.01. The molecule has 0 unspecified atom stereocenters. The van der Waals surface area contributed by atoms with E-state index >= 15 is 0 Å². The topological polar surface area (TPSA) is 21.4 Å². The fraction of sp³-hybridized carbons (Fsp3) is 0.280. The van der Waals surface area contributed by atoms with Crippen LogP contribution in [-0.4, -0.2) is 0 Å². The Bertz CT molecular complexity index is 1330. The first-order valence-corrected chi connectivity index (χ1v) is 9.48. The van der Waals surface area contributed by atoms with Gasteiger partial charge in [0.05, 0.1) is 12.1 Å². The van der Waals surface area contributed by atoms with Gasteiger partial charge in [0, 0.05) is 31.2 Å². The second-order valence-corrected chi connectivity index (χ2v) is 7.79. The predicted octanol–water partition coefficient (Wildman–Crippen LogP) is 6.68. The summed E-state index contributed by atoms with van der Waals surface area (Å²) in [5.74, 6) is -0.697. The standard InChI is InChI=1S/C25H25N2O/c1-14(2)18-12-17(5)27(7)21(13-18)22-15(3)8-10-19-20-11-9-16(4)23(26-6)25(20)28-24(19)22/h8-14H,1-5,7H3/q+1/i14D. The molecule has 2 heterocycles. The molecule has 0 saturated heterocycles. The van der Waals surface area contributed by atoms with E-state index < -0.39 is 5.89 Å². The van der Waals surface area contributed by atoms with Crippen molar-refractivity contribution < 1.29 is 10.4 Å². The molecule has 0 N–H and O–H groups in total. The maximum Gasteiger partial charge on any atom is 0.232 e. The Kier molecular flexibility index (Phi) is 3.94. The second-order valence-electron chi connectivity index (χ2n) is 7.79. The maximum atomic E-state index is 8.51. The van der Waals surface area contributed by atoms with Gasteiger partial charge in [-0.3, -0.25) is 0 Å². The van der Waals surface area contributed by atoms with Crippen molar-refractivity contribution in [2.45, 2.75) is 40.5 Å². The van der Waals surface area contributed by atoms with Crippen molar-refractivity contribution in [2.75, 3.05) is 0 Å². The van der Waals surface area contributed by atoms with E-state index in [1.807, 2.05) is 40.0 Å².